The Morgan fingerprint density at radius 2 is 1.09 bits per heavy atom. The Kier molecular flexibility index (Phi) is 18.2. The second-order valence-corrected chi connectivity index (χ2v) is 29.4. The Balaban J connectivity index is 2.76. The van der Waals surface area contributed by atoms with E-state index in [9.17, 15) is 29.7 Å². The zero-order chi connectivity index (χ0) is 52.8. The summed E-state index contributed by atoms with van der Waals surface area (Å²) in [7, 11) is 0. The molecule has 0 spiro atoms. The van der Waals surface area contributed by atoms with Crippen LogP contribution in [0.25, 0.3) is 0 Å². The Hall–Kier alpha value is -2.38. The van der Waals surface area contributed by atoms with Crippen molar-refractivity contribution in [2.45, 2.75) is 255 Å². The number of carboxylic acid groups (broad SMARTS) is 3. The number of carbonyl (C=O) groups excluding carboxylic acids is 1. The minimum atomic E-state index is -1.54. The molecule has 9 unspecified atom stereocenters. The maximum Gasteiger partial charge on any atom is 0.309 e. The van der Waals surface area contributed by atoms with Crippen LogP contribution in [0, 0.1) is 82.7 Å². The monoisotopic (exact) mass is 943 g/mol. The van der Waals surface area contributed by atoms with Crippen LogP contribution >= 0.6 is 0 Å². The second kappa shape index (κ2) is 20.0. The van der Waals surface area contributed by atoms with Gasteiger partial charge in [-0.15, -0.1) is 0 Å². The van der Waals surface area contributed by atoms with Gasteiger partial charge in [0.2, 0.25) is 0 Å². The predicted molar refractivity (Wildman–Crippen MR) is 277 cm³/mol. The molecule has 67 heavy (non-hydrogen) atoms. The Morgan fingerprint density at radius 3 is 1.46 bits per heavy atom. The number of fused-ring (bicyclic) bond motifs is 2. The van der Waals surface area contributed by atoms with Crippen LogP contribution in [0.2, 0.25) is 0 Å². The van der Waals surface area contributed by atoms with Crippen LogP contribution in [-0.4, -0.2) is 45.3 Å². The largest absolute Gasteiger partial charge is 0.481 e. The fraction of sp³-hybridized carbons (Fsp3) is 0.898. The lowest BCUT2D eigenvalue weighted by Gasteiger charge is -2.55. The summed E-state index contributed by atoms with van der Waals surface area (Å²) in [5, 5.41) is 33.5. The zero-order valence-corrected chi connectivity index (χ0v) is 47.8. The van der Waals surface area contributed by atoms with Crippen molar-refractivity contribution in [3.05, 3.63) is 12.2 Å². The summed E-state index contributed by atoms with van der Waals surface area (Å²) in [5.74, 6) is -2.92. The standard InChI is InChI=1S/C59H106O8/c1-25-26-27-28-29-40(3)67-44(60)43(50(10,11)36-56(21,49(7,8)9)39(2)32-42-33-41-30-31-55(42,20)54(41,18)19)34-51(12,13)58(23,46(63)64)37-53(16,17)59(24,47(65)66)38-52(14,15)57(22,45(61)62)35-48(4,5)6/h40-43H,2,25-38H2,1,3-24H3,(H,61,62)(H,63,64)(H,65,66). The lowest BCUT2D eigenvalue weighted by molar-refractivity contribution is -0.180. The molecule has 0 saturated heterocycles. The van der Waals surface area contributed by atoms with Crippen LogP contribution in [-0.2, 0) is 23.9 Å². The van der Waals surface area contributed by atoms with Gasteiger partial charge in [-0.2, -0.15) is 0 Å². The van der Waals surface area contributed by atoms with E-state index in [1.165, 1.54) is 24.8 Å². The molecule has 2 aliphatic carbocycles. The predicted octanol–water partition coefficient (Wildman–Crippen LogP) is 16.3. The summed E-state index contributed by atoms with van der Waals surface area (Å²) >= 11 is 0. The topological polar surface area (TPSA) is 138 Å². The van der Waals surface area contributed by atoms with Gasteiger partial charge >= 0.3 is 23.9 Å². The molecule has 9 atom stereocenters. The Bertz CT molecular complexity index is 1790. The number of rotatable bonds is 26. The number of allylic oxidation sites excluding steroid dienone is 1. The van der Waals surface area contributed by atoms with E-state index < -0.39 is 61.7 Å². The van der Waals surface area contributed by atoms with E-state index in [2.05, 4.69) is 69.2 Å². The van der Waals surface area contributed by atoms with Crippen LogP contribution in [0.4, 0.5) is 0 Å². The Morgan fingerprint density at radius 1 is 0.642 bits per heavy atom. The van der Waals surface area contributed by atoms with Gasteiger partial charge in [0.15, 0.2) is 0 Å². The van der Waals surface area contributed by atoms with Crippen molar-refractivity contribution in [2.24, 2.45) is 82.7 Å². The number of hydrogen-bond donors (Lipinski definition) is 3. The van der Waals surface area contributed by atoms with Crippen molar-refractivity contribution in [3.63, 3.8) is 0 Å². The fourth-order valence-corrected chi connectivity index (χ4v) is 13.8. The van der Waals surface area contributed by atoms with Crippen LogP contribution in [0.1, 0.15) is 249 Å². The average molecular weight is 943 g/mol. The first-order valence-corrected chi connectivity index (χ1v) is 26.3. The minimum Gasteiger partial charge on any atom is -0.481 e. The van der Waals surface area contributed by atoms with Crippen molar-refractivity contribution >= 4 is 23.9 Å². The van der Waals surface area contributed by atoms with E-state index in [0.29, 0.717) is 24.7 Å². The molecule has 0 aliphatic heterocycles. The van der Waals surface area contributed by atoms with Gasteiger partial charge in [0.25, 0.3) is 0 Å². The number of ether oxygens (including phenoxy) is 1. The van der Waals surface area contributed by atoms with Gasteiger partial charge in [-0.3, -0.25) is 19.2 Å². The summed E-state index contributed by atoms with van der Waals surface area (Å²) in [6, 6.07) is 0. The summed E-state index contributed by atoms with van der Waals surface area (Å²) in [6.07, 6.45) is 10.5. The van der Waals surface area contributed by atoms with Crippen molar-refractivity contribution in [3.8, 4) is 0 Å². The third-order valence-electron chi connectivity index (χ3n) is 20.8. The van der Waals surface area contributed by atoms with Crippen LogP contribution in [0.3, 0.4) is 0 Å². The molecule has 2 aliphatic rings. The molecule has 0 amide bonds. The van der Waals surface area contributed by atoms with Gasteiger partial charge < -0.3 is 20.1 Å². The number of hydrogen-bond acceptors (Lipinski definition) is 5. The molecular formula is C59H106O8. The van der Waals surface area contributed by atoms with Crippen molar-refractivity contribution in [2.75, 3.05) is 0 Å². The van der Waals surface area contributed by atoms with Crippen molar-refractivity contribution in [1.29, 1.82) is 0 Å². The molecule has 0 aromatic rings. The first-order valence-electron chi connectivity index (χ1n) is 26.3. The molecule has 0 aromatic heterocycles. The Labute approximate surface area is 411 Å². The molecule has 0 radical (unpaired) electrons. The van der Waals surface area contributed by atoms with Gasteiger partial charge in [-0.25, -0.2) is 0 Å². The first kappa shape index (κ1) is 60.7. The molecule has 2 rings (SSSR count). The van der Waals surface area contributed by atoms with E-state index in [1.54, 1.807) is 20.8 Å². The van der Waals surface area contributed by atoms with E-state index in [1.807, 2.05) is 69.2 Å². The smallest absolute Gasteiger partial charge is 0.309 e. The maximum absolute atomic E-state index is 15.1. The highest BCUT2D eigenvalue weighted by Gasteiger charge is 2.63. The number of esters is 1. The molecule has 2 bridgehead atoms. The quantitative estimate of drug-likeness (QED) is 0.0443. The molecule has 0 aromatic carbocycles. The van der Waals surface area contributed by atoms with Gasteiger partial charge in [0.05, 0.1) is 28.3 Å². The highest BCUT2D eigenvalue weighted by molar-refractivity contribution is 5.79. The summed E-state index contributed by atoms with van der Waals surface area (Å²) in [6.45, 7) is 52.2. The van der Waals surface area contributed by atoms with Crippen LogP contribution < -0.4 is 0 Å². The second-order valence-electron chi connectivity index (χ2n) is 29.4. The van der Waals surface area contributed by atoms with Gasteiger partial charge in [0, 0.05) is 0 Å². The summed E-state index contributed by atoms with van der Waals surface area (Å²) < 4.78 is 6.43. The number of carbonyl (C=O) groups is 4. The van der Waals surface area contributed by atoms with Gasteiger partial charge in [-0.1, -0.05) is 163 Å². The molecule has 2 fully saturated rings. The van der Waals surface area contributed by atoms with Crippen molar-refractivity contribution in [1.82, 2.24) is 0 Å². The summed E-state index contributed by atoms with van der Waals surface area (Å²) in [4.78, 5) is 56.0. The third-order valence-corrected chi connectivity index (χ3v) is 20.8. The molecule has 0 heterocycles. The number of aliphatic carboxylic acids is 3. The molecule has 3 N–H and O–H groups in total. The maximum atomic E-state index is 15.1. The number of unbranched alkanes of at least 4 members (excludes halogenated alkanes) is 3. The van der Waals surface area contributed by atoms with Crippen molar-refractivity contribution < 1.29 is 39.2 Å². The average Bonchev–Trinajstić information content (AvgIpc) is 3.47. The molecule has 8 nitrogen and oxygen atoms in total. The highest BCUT2D eigenvalue weighted by Crippen LogP contribution is 2.70. The molecule has 390 valence electrons. The molecule has 8 heteroatoms. The number of carboxylic acids is 3. The molecule has 2 saturated carbocycles. The zero-order valence-electron chi connectivity index (χ0n) is 47.8. The SMILES string of the molecule is C=C(CC1CC2CCC1(C)C2(C)C)C(C)(CC(C)(C)C(CC(C)(C)C(C)(CC(C)(C)C(C)(CC(C)(C)C(C)(CC(C)(C)C)C(=O)O)C(=O)O)C(=O)O)C(=O)OC(C)CCCCCC)C(C)(C)C. The van der Waals surface area contributed by atoms with Crippen LogP contribution in [0.5, 0.6) is 0 Å². The van der Waals surface area contributed by atoms with E-state index in [4.69, 9.17) is 11.3 Å². The van der Waals surface area contributed by atoms with Gasteiger partial charge in [0.1, 0.15) is 0 Å². The lowest BCUT2D eigenvalue weighted by Crippen LogP contribution is -2.55. The van der Waals surface area contributed by atoms with E-state index in [-0.39, 0.29) is 58.4 Å². The third kappa shape index (κ3) is 12.0. The fourth-order valence-electron chi connectivity index (χ4n) is 13.8. The minimum absolute atomic E-state index is 0.00288. The van der Waals surface area contributed by atoms with Crippen LogP contribution in [0.15, 0.2) is 12.2 Å². The first-order chi connectivity index (χ1) is 29.7. The summed E-state index contributed by atoms with van der Waals surface area (Å²) in [5.41, 5.74) is -7.48. The van der Waals surface area contributed by atoms with E-state index >= 15 is 4.79 Å². The highest BCUT2D eigenvalue weighted by atomic mass is 16.5. The lowest BCUT2D eigenvalue weighted by atomic mass is 9.47. The van der Waals surface area contributed by atoms with Gasteiger partial charge in [-0.05, 0) is 159 Å². The van der Waals surface area contributed by atoms with E-state index in [0.717, 1.165) is 38.5 Å². The normalized spacial score (nSPS) is 24.9. The molecular weight excluding hydrogens is 837 g/mol.